The van der Waals surface area contributed by atoms with Crippen LogP contribution in [0.4, 0.5) is 0 Å². The van der Waals surface area contributed by atoms with Gasteiger partial charge < -0.3 is 4.74 Å². The second-order valence-corrected chi connectivity index (χ2v) is 5.74. The van der Waals surface area contributed by atoms with Crippen LogP contribution < -0.4 is 16.0 Å². The molecule has 1 heterocycles. The summed E-state index contributed by atoms with van der Waals surface area (Å²) in [4.78, 5) is 0. The summed E-state index contributed by atoms with van der Waals surface area (Å²) in [6, 6.07) is 12.0. The van der Waals surface area contributed by atoms with Crippen molar-refractivity contribution in [2.24, 2.45) is 5.84 Å². The summed E-state index contributed by atoms with van der Waals surface area (Å²) in [6.45, 7) is 2.75. The van der Waals surface area contributed by atoms with Gasteiger partial charge in [-0.1, -0.05) is 48.0 Å². The standard InChI is InChI=1S/C17H19ClN2O/c1-11-5-2-8-13(15(11)18)16(20-19)14-9-3-6-12-7-4-10-21-17(12)14/h2-3,5-6,8-9,16,20H,4,7,10,19H2,1H3. The van der Waals surface area contributed by atoms with Gasteiger partial charge >= 0.3 is 0 Å². The average molecular weight is 303 g/mol. The third kappa shape index (κ3) is 2.64. The molecule has 1 unspecified atom stereocenters. The molecule has 1 atom stereocenters. The normalized spacial score (nSPS) is 15.2. The van der Waals surface area contributed by atoms with E-state index in [0.717, 1.165) is 46.9 Å². The zero-order chi connectivity index (χ0) is 14.8. The number of benzene rings is 2. The van der Waals surface area contributed by atoms with Gasteiger partial charge in [0.1, 0.15) is 5.75 Å². The Morgan fingerprint density at radius 1 is 1.19 bits per heavy atom. The Hall–Kier alpha value is -1.55. The Kier molecular flexibility index (Phi) is 4.15. The van der Waals surface area contributed by atoms with E-state index in [4.69, 9.17) is 22.2 Å². The Morgan fingerprint density at radius 3 is 2.76 bits per heavy atom. The van der Waals surface area contributed by atoms with E-state index in [2.05, 4.69) is 17.6 Å². The molecule has 0 saturated carbocycles. The Balaban J connectivity index is 2.11. The number of hydrogen-bond donors (Lipinski definition) is 2. The molecule has 21 heavy (non-hydrogen) atoms. The molecule has 1 aliphatic rings. The first-order valence-electron chi connectivity index (χ1n) is 7.18. The lowest BCUT2D eigenvalue weighted by molar-refractivity contribution is 0.283. The van der Waals surface area contributed by atoms with Crippen molar-refractivity contribution in [3.05, 3.63) is 63.7 Å². The van der Waals surface area contributed by atoms with Crippen LogP contribution in [0.1, 0.15) is 34.7 Å². The molecule has 0 spiro atoms. The van der Waals surface area contributed by atoms with E-state index in [9.17, 15) is 0 Å². The lowest BCUT2D eigenvalue weighted by atomic mass is 9.93. The summed E-state index contributed by atoms with van der Waals surface area (Å²) in [6.07, 6.45) is 2.10. The van der Waals surface area contributed by atoms with Crippen LogP contribution in [-0.2, 0) is 6.42 Å². The monoisotopic (exact) mass is 302 g/mol. The first-order chi connectivity index (χ1) is 10.2. The molecule has 2 aromatic carbocycles. The summed E-state index contributed by atoms with van der Waals surface area (Å²) >= 11 is 6.46. The molecule has 0 radical (unpaired) electrons. The van der Waals surface area contributed by atoms with Crippen LogP contribution in [0.25, 0.3) is 0 Å². The molecule has 0 saturated heterocycles. The minimum Gasteiger partial charge on any atom is -0.493 e. The molecular weight excluding hydrogens is 284 g/mol. The van der Waals surface area contributed by atoms with Crippen molar-refractivity contribution >= 4 is 11.6 Å². The second-order valence-electron chi connectivity index (χ2n) is 5.37. The van der Waals surface area contributed by atoms with Crippen molar-refractivity contribution in [3.63, 3.8) is 0 Å². The lowest BCUT2D eigenvalue weighted by Gasteiger charge is -2.26. The highest BCUT2D eigenvalue weighted by atomic mass is 35.5. The van der Waals surface area contributed by atoms with Crippen molar-refractivity contribution in [1.29, 1.82) is 0 Å². The summed E-state index contributed by atoms with van der Waals surface area (Å²) < 4.78 is 5.89. The van der Waals surface area contributed by atoms with E-state index in [1.165, 1.54) is 5.56 Å². The third-order valence-electron chi connectivity index (χ3n) is 3.97. The van der Waals surface area contributed by atoms with Gasteiger partial charge in [0, 0.05) is 10.6 Å². The highest BCUT2D eigenvalue weighted by Gasteiger charge is 2.23. The van der Waals surface area contributed by atoms with E-state index in [-0.39, 0.29) is 6.04 Å². The number of fused-ring (bicyclic) bond motifs is 1. The molecular formula is C17H19ClN2O. The van der Waals surface area contributed by atoms with Crippen LogP contribution >= 0.6 is 11.6 Å². The van der Waals surface area contributed by atoms with E-state index >= 15 is 0 Å². The largest absolute Gasteiger partial charge is 0.493 e. The molecule has 0 aliphatic carbocycles. The van der Waals surface area contributed by atoms with Gasteiger partial charge in [-0.05, 0) is 36.5 Å². The lowest BCUT2D eigenvalue weighted by Crippen LogP contribution is -2.30. The number of hydrazine groups is 1. The van der Waals surface area contributed by atoms with E-state index in [0.29, 0.717) is 0 Å². The van der Waals surface area contributed by atoms with Gasteiger partial charge in [-0.15, -0.1) is 0 Å². The minimum atomic E-state index is -0.176. The first kappa shape index (κ1) is 14.4. The SMILES string of the molecule is Cc1cccc(C(NN)c2cccc3c2OCCC3)c1Cl. The fourth-order valence-corrected chi connectivity index (χ4v) is 3.12. The Bertz CT molecular complexity index is 657. The molecule has 0 amide bonds. The predicted molar refractivity (Wildman–Crippen MR) is 85.6 cm³/mol. The minimum absolute atomic E-state index is 0.176. The number of hydrogen-bond acceptors (Lipinski definition) is 3. The van der Waals surface area contributed by atoms with Crippen molar-refractivity contribution in [1.82, 2.24) is 5.43 Å². The predicted octanol–water partition coefficient (Wildman–Crippen LogP) is 3.53. The number of para-hydroxylation sites is 1. The molecule has 1 aliphatic heterocycles. The number of ether oxygens (including phenoxy) is 1. The number of rotatable bonds is 3. The summed E-state index contributed by atoms with van der Waals surface area (Å²) in [5.41, 5.74) is 7.19. The maximum absolute atomic E-state index is 6.46. The first-order valence-corrected chi connectivity index (χ1v) is 7.56. The van der Waals surface area contributed by atoms with Crippen molar-refractivity contribution < 1.29 is 4.74 Å². The van der Waals surface area contributed by atoms with Crippen LogP contribution in [0.5, 0.6) is 5.75 Å². The Labute approximate surface area is 130 Å². The van der Waals surface area contributed by atoms with Gasteiger partial charge in [0.2, 0.25) is 0 Å². The van der Waals surface area contributed by atoms with Gasteiger partial charge in [0.15, 0.2) is 0 Å². The third-order valence-corrected chi connectivity index (χ3v) is 4.49. The molecule has 3 N–H and O–H groups in total. The molecule has 0 aromatic heterocycles. The fourth-order valence-electron chi connectivity index (χ4n) is 2.88. The highest BCUT2D eigenvalue weighted by molar-refractivity contribution is 6.32. The maximum atomic E-state index is 6.46. The molecule has 3 nitrogen and oxygen atoms in total. The molecule has 0 fully saturated rings. The van der Waals surface area contributed by atoms with Crippen LogP contribution in [0, 0.1) is 6.92 Å². The summed E-state index contributed by atoms with van der Waals surface area (Å²) in [5, 5.41) is 0.744. The zero-order valence-corrected chi connectivity index (χ0v) is 12.8. The average Bonchev–Trinajstić information content (AvgIpc) is 2.52. The van der Waals surface area contributed by atoms with Gasteiger partial charge in [-0.3, -0.25) is 5.84 Å². The topological polar surface area (TPSA) is 47.3 Å². The molecule has 2 aromatic rings. The van der Waals surface area contributed by atoms with Gasteiger partial charge in [-0.25, -0.2) is 5.43 Å². The number of halogens is 1. The second kappa shape index (κ2) is 6.06. The molecule has 4 heteroatoms. The van der Waals surface area contributed by atoms with Crippen LogP contribution in [0.3, 0.4) is 0 Å². The summed E-state index contributed by atoms with van der Waals surface area (Å²) in [7, 11) is 0. The van der Waals surface area contributed by atoms with Crippen molar-refractivity contribution in [2.75, 3.05) is 6.61 Å². The number of aryl methyl sites for hydroxylation is 2. The van der Waals surface area contributed by atoms with Crippen molar-refractivity contribution in [2.45, 2.75) is 25.8 Å². The van der Waals surface area contributed by atoms with E-state index in [1.807, 2.05) is 31.2 Å². The van der Waals surface area contributed by atoms with Crippen molar-refractivity contribution in [3.8, 4) is 5.75 Å². The smallest absolute Gasteiger partial charge is 0.127 e. The number of nitrogens with two attached hydrogens (primary N) is 1. The number of nitrogens with one attached hydrogen (secondary N) is 1. The summed E-state index contributed by atoms with van der Waals surface area (Å²) in [5.74, 6) is 6.77. The Morgan fingerprint density at radius 2 is 1.95 bits per heavy atom. The quantitative estimate of drug-likeness (QED) is 0.673. The van der Waals surface area contributed by atoms with E-state index in [1.54, 1.807) is 0 Å². The van der Waals surface area contributed by atoms with Crippen LogP contribution in [0.15, 0.2) is 36.4 Å². The molecule has 0 bridgehead atoms. The van der Waals surface area contributed by atoms with Gasteiger partial charge in [0.05, 0.1) is 12.6 Å². The van der Waals surface area contributed by atoms with Gasteiger partial charge in [0.25, 0.3) is 0 Å². The maximum Gasteiger partial charge on any atom is 0.127 e. The fraction of sp³-hybridized carbons (Fsp3) is 0.294. The van der Waals surface area contributed by atoms with Gasteiger partial charge in [-0.2, -0.15) is 0 Å². The molecule has 110 valence electrons. The zero-order valence-electron chi connectivity index (χ0n) is 12.0. The van der Waals surface area contributed by atoms with Crippen LogP contribution in [0.2, 0.25) is 5.02 Å². The van der Waals surface area contributed by atoms with E-state index < -0.39 is 0 Å². The highest BCUT2D eigenvalue weighted by Crippen LogP contribution is 2.37. The van der Waals surface area contributed by atoms with Crippen LogP contribution in [-0.4, -0.2) is 6.61 Å². The molecule has 3 rings (SSSR count).